The third-order valence-electron chi connectivity index (χ3n) is 1.83. The fourth-order valence-electron chi connectivity index (χ4n) is 1.17. The van der Waals surface area contributed by atoms with Crippen LogP contribution in [0.1, 0.15) is 0 Å². The molecule has 0 spiro atoms. The summed E-state index contributed by atoms with van der Waals surface area (Å²) in [6.45, 7) is 4.18. The lowest BCUT2D eigenvalue weighted by Crippen LogP contribution is -2.42. The van der Waals surface area contributed by atoms with Crippen LogP contribution in [0.3, 0.4) is 0 Å². The minimum absolute atomic E-state index is 0.360. The number of nitrogens with two attached hydrogens (primary N) is 1. The topological polar surface area (TPSA) is 84.7 Å². The van der Waals surface area contributed by atoms with E-state index in [1.165, 1.54) is 0 Å². The predicted molar refractivity (Wildman–Crippen MR) is 48.4 cm³/mol. The van der Waals surface area contributed by atoms with Crippen LogP contribution in [0.5, 0.6) is 0 Å². The maximum absolute atomic E-state index is 10.5. The molecule has 0 atom stereocenters. The van der Waals surface area contributed by atoms with Crippen LogP contribution in [0.25, 0.3) is 0 Å². The number of nitrogens with zero attached hydrogens (tertiary/aromatic N) is 1. The summed E-state index contributed by atoms with van der Waals surface area (Å²) in [6.07, 6.45) is 0. The van der Waals surface area contributed by atoms with Crippen LogP contribution in [0.15, 0.2) is 0 Å². The molecule has 13 heavy (non-hydrogen) atoms. The molecule has 0 bridgehead atoms. The third kappa shape index (κ3) is 5.17. The monoisotopic (exact) mass is 209 g/mol. The fourth-order valence-corrected chi connectivity index (χ4v) is 1.55. The van der Waals surface area contributed by atoms with Crippen molar-refractivity contribution in [2.75, 3.05) is 39.4 Å². The molecule has 0 unspecified atom stereocenters. The van der Waals surface area contributed by atoms with Gasteiger partial charge in [0.15, 0.2) is 0 Å². The van der Waals surface area contributed by atoms with Gasteiger partial charge >= 0.3 is 0 Å². The Hall–Kier alpha value is -0.210. The first-order chi connectivity index (χ1) is 6.08. The van der Waals surface area contributed by atoms with Crippen LogP contribution in [-0.2, 0) is 14.9 Å². The molecule has 1 aliphatic heterocycles. The van der Waals surface area contributed by atoms with E-state index in [1.54, 1.807) is 0 Å². The van der Waals surface area contributed by atoms with Gasteiger partial charge in [-0.3, -0.25) is 4.90 Å². The summed E-state index contributed by atoms with van der Waals surface area (Å²) in [7, 11) is -3.53. The van der Waals surface area contributed by atoms with E-state index < -0.39 is 10.2 Å². The summed E-state index contributed by atoms with van der Waals surface area (Å²) in [6, 6.07) is 0. The van der Waals surface area contributed by atoms with E-state index in [0.717, 1.165) is 26.3 Å². The molecule has 3 N–H and O–H groups in total. The fraction of sp³-hybridized carbons (Fsp3) is 1.00. The van der Waals surface area contributed by atoms with Gasteiger partial charge in [-0.25, -0.2) is 9.86 Å². The number of morpholine rings is 1. The molecule has 0 aromatic heterocycles. The van der Waals surface area contributed by atoms with Crippen molar-refractivity contribution in [3.05, 3.63) is 0 Å². The molecule has 1 fully saturated rings. The van der Waals surface area contributed by atoms with E-state index in [0.29, 0.717) is 13.1 Å². The van der Waals surface area contributed by atoms with Crippen LogP contribution < -0.4 is 9.86 Å². The number of nitrogens with one attached hydrogen (secondary N) is 1. The summed E-state index contributed by atoms with van der Waals surface area (Å²) < 4.78 is 28.4. The standard InChI is InChI=1S/C6H15N3O3S/c7-13(10,11)8-1-2-9-3-5-12-6-4-9/h8H,1-6H2,(H2,7,10,11). The minimum atomic E-state index is -3.53. The highest BCUT2D eigenvalue weighted by Crippen LogP contribution is 1.94. The normalized spacial score (nSPS) is 20.4. The highest BCUT2D eigenvalue weighted by molar-refractivity contribution is 7.87. The second-order valence-corrected chi connectivity index (χ2v) is 4.27. The molecule has 1 heterocycles. The zero-order valence-corrected chi connectivity index (χ0v) is 8.22. The third-order valence-corrected chi connectivity index (χ3v) is 2.44. The summed E-state index contributed by atoms with van der Waals surface area (Å²) >= 11 is 0. The maximum Gasteiger partial charge on any atom is 0.274 e. The Morgan fingerprint density at radius 2 is 2.00 bits per heavy atom. The smallest absolute Gasteiger partial charge is 0.274 e. The van der Waals surface area contributed by atoms with Crippen molar-refractivity contribution in [1.82, 2.24) is 9.62 Å². The first-order valence-corrected chi connectivity index (χ1v) is 5.70. The van der Waals surface area contributed by atoms with Crippen molar-refractivity contribution in [3.63, 3.8) is 0 Å². The zero-order chi connectivity index (χ0) is 9.73. The lowest BCUT2D eigenvalue weighted by molar-refractivity contribution is 0.0390. The maximum atomic E-state index is 10.5. The average molecular weight is 209 g/mol. The molecule has 1 saturated heterocycles. The van der Waals surface area contributed by atoms with Crippen molar-refractivity contribution in [3.8, 4) is 0 Å². The molecular weight excluding hydrogens is 194 g/mol. The number of ether oxygens (including phenoxy) is 1. The Labute approximate surface area is 78.2 Å². The summed E-state index contributed by atoms with van der Waals surface area (Å²) in [5.41, 5.74) is 0. The van der Waals surface area contributed by atoms with Gasteiger partial charge in [-0.15, -0.1) is 0 Å². The Morgan fingerprint density at radius 3 is 2.54 bits per heavy atom. The average Bonchev–Trinajstić information content (AvgIpc) is 2.04. The summed E-state index contributed by atoms with van der Waals surface area (Å²) in [5.74, 6) is 0. The van der Waals surface area contributed by atoms with E-state index in [-0.39, 0.29) is 0 Å². The Balaban J connectivity index is 2.11. The zero-order valence-electron chi connectivity index (χ0n) is 7.40. The van der Waals surface area contributed by atoms with E-state index in [1.807, 2.05) is 0 Å². The van der Waals surface area contributed by atoms with Crippen LogP contribution in [0.4, 0.5) is 0 Å². The van der Waals surface area contributed by atoms with Crippen LogP contribution >= 0.6 is 0 Å². The summed E-state index contributed by atoms with van der Waals surface area (Å²) in [5, 5.41) is 4.77. The lowest BCUT2D eigenvalue weighted by atomic mass is 10.4. The van der Waals surface area contributed by atoms with Gasteiger partial charge in [0, 0.05) is 26.2 Å². The molecule has 0 aromatic rings. The van der Waals surface area contributed by atoms with Crippen LogP contribution in [-0.4, -0.2) is 52.7 Å². The Morgan fingerprint density at radius 1 is 1.38 bits per heavy atom. The van der Waals surface area contributed by atoms with Crippen molar-refractivity contribution >= 4 is 10.2 Å². The molecule has 1 rings (SSSR count). The van der Waals surface area contributed by atoms with Crippen molar-refractivity contribution in [2.45, 2.75) is 0 Å². The van der Waals surface area contributed by atoms with Gasteiger partial charge in [0.1, 0.15) is 0 Å². The molecule has 6 nitrogen and oxygen atoms in total. The van der Waals surface area contributed by atoms with E-state index in [2.05, 4.69) is 9.62 Å². The number of hydrogen-bond donors (Lipinski definition) is 2. The van der Waals surface area contributed by atoms with Crippen molar-refractivity contribution in [1.29, 1.82) is 0 Å². The van der Waals surface area contributed by atoms with Gasteiger partial charge in [-0.2, -0.15) is 8.42 Å². The molecule has 1 aliphatic rings. The Kier molecular flexibility index (Phi) is 4.07. The molecule has 7 heteroatoms. The first-order valence-electron chi connectivity index (χ1n) is 4.15. The van der Waals surface area contributed by atoms with Gasteiger partial charge in [0.05, 0.1) is 13.2 Å². The van der Waals surface area contributed by atoms with Crippen LogP contribution in [0.2, 0.25) is 0 Å². The van der Waals surface area contributed by atoms with E-state index in [4.69, 9.17) is 9.88 Å². The van der Waals surface area contributed by atoms with Gasteiger partial charge in [0.2, 0.25) is 0 Å². The van der Waals surface area contributed by atoms with Gasteiger partial charge in [-0.1, -0.05) is 0 Å². The molecule has 0 radical (unpaired) electrons. The van der Waals surface area contributed by atoms with Crippen LogP contribution in [0, 0.1) is 0 Å². The highest BCUT2D eigenvalue weighted by Gasteiger charge is 2.10. The quantitative estimate of drug-likeness (QED) is 0.567. The van der Waals surface area contributed by atoms with Gasteiger partial charge in [0.25, 0.3) is 10.2 Å². The Bertz CT molecular complexity index is 236. The lowest BCUT2D eigenvalue weighted by Gasteiger charge is -2.26. The minimum Gasteiger partial charge on any atom is -0.379 e. The summed E-state index contributed by atoms with van der Waals surface area (Å²) in [4.78, 5) is 2.13. The van der Waals surface area contributed by atoms with Crippen molar-refractivity contribution in [2.24, 2.45) is 5.14 Å². The highest BCUT2D eigenvalue weighted by atomic mass is 32.2. The molecule has 78 valence electrons. The molecular formula is C6H15N3O3S. The molecule has 0 aliphatic carbocycles. The SMILES string of the molecule is NS(=O)(=O)NCCN1CCOCC1. The first kappa shape index (κ1) is 10.9. The second kappa shape index (κ2) is 4.87. The van der Waals surface area contributed by atoms with E-state index >= 15 is 0 Å². The van der Waals surface area contributed by atoms with Gasteiger partial charge in [-0.05, 0) is 0 Å². The number of rotatable bonds is 4. The number of hydrogen-bond acceptors (Lipinski definition) is 4. The molecule has 0 aromatic carbocycles. The van der Waals surface area contributed by atoms with Crippen molar-refractivity contribution < 1.29 is 13.2 Å². The molecule has 0 amide bonds. The predicted octanol–water partition coefficient (Wildman–Crippen LogP) is -1.89. The van der Waals surface area contributed by atoms with Gasteiger partial charge < -0.3 is 4.74 Å². The molecule has 0 saturated carbocycles. The van der Waals surface area contributed by atoms with E-state index in [9.17, 15) is 8.42 Å². The largest absolute Gasteiger partial charge is 0.379 e. The second-order valence-electron chi connectivity index (χ2n) is 2.89.